The van der Waals surface area contributed by atoms with Gasteiger partial charge in [-0.1, -0.05) is 11.6 Å². The SMILES string of the molecule is CC1CCCCN1c1nc(Cl)ccc1[N+](=O)[O-]. The van der Waals surface area contributed by atoms with E-state index in [4.69, 9.17) is 11.6 Å². The molecule has 2 heterocycles. The highest BCUT2D eigenvalue weighted by molar-refractivity contribution is 6.29. The Kier molecular flexibility index (Phi) is 3.47. The van der Waals surface area contributed by atoms with Crippen LogP contribution in [0.5, 0.6) is 0 Å². The molecule has 1 aromatic rings. The minimum Gasteiger partial charge on any atom is -0.348 e. The lowest BCUT2D eigenvalue weighted by molar-refractivity contribution is -0.384. The van der Waals surface area contributed by atoms with E-state index in [0.717, 1.165) is 25.8 Å². The number of nitro groups is 1. The lowest BCUT2D eigenvalue weighted by atomic mass is 10.0. The second kappa shape index (κ2) is 4.87. The molecule has 1 aliphatic rings. The number of anilines is 1. The molecule has 5 nitrogen and oxygen atoms in total. The molecule has 0 bridgehead atoms. The average molecular weight is 256 g/mol. The van der Waals surface area contributed by atoms with Crippen molar-refractivity contribution in [2.75, 3.05) is 11.4 Å². The molecule has 17 heavy (non-hydrogen) atoms. The van der Waals surface area contributed by atoms with Gasteiger partial charge >= 0.3 is 5.69 Å². The van der Waals surface area contributed by atoms with Gasteiger partial charge in [0.05, 0.1) is 4.92 Å². The van der Waals surface area contributed by atoms with Gasteiger partial charge in [-0.2, -0.15) is 0 Å². The maximum atomic E-state index is 11.0. The molecule has 1 unspecified atom stereocenters. The summed E-state index contributed by atoms with van der Waals surface area (Å²) in [5.41, 5.74) is 0.0307. The highest BCUT2D eigenvalue weighted by Crippen LogP contribution is 2.32. The van der Waals surface area contributed by atoms with Crippen molar-refractivity contribution >= 4 is 23.1 Å². The molecule has 0 amide bonds. The molecule has 2 rings (SSSR count). The molecule has 1 aromatic heterocycles. The van der Waals surface area contributed by atoms with E-state index in [1.54, 1.807) is 0 Å². The first-order valence-corrected chi connectivity index (χ1v) is 6.05. The number of nitrogens with zero attached hydrogens (tertiary/aromatic N) is 3. The van der Waals surface area contributed by atoms with Crippen molar-refractivity contribution in [1.82, 2.24) is 4.98 Å². The van der Waals surface area contributed by atoms with Crippen LogP contribution in [0.4, 0.5) is 11.5 Å². The molecule has 1 fully saturated rings. The van der Waals surface area contributed by atoms with Gasteiger partial charge in [0.25, 0.3) is 0 Å². The predicted octanol–water partition coefficient (Wildman–Crippen LogP) is 3.02. The summed E-state index contributed by atoms with van der Waals surface area (Å²) in [6, 6.07) is 3.15. The molecular formula is C11H14ClN3O2. The average Bonchev–Trinajstić information content (AvgIpc) is 2.29. The van der Waals surface area contributed by atoms with Crippen LogP contribution in [0.15, 0.2) is 12.1 Å². The third-order valence-corrected chi connectivity index (χ3v) is 3.30. The summed E-state index contributed by atoms with van der Waals surface area (Å²) in [7, 11) is 0. The van der Waals surface area contributed by atoms with Gasteiger partial charge in [0.2, 0.25) is 5.82 Å². The first-order chi connectivity index (χ1) is 8.09. The third kappa shape index (κ3) is 2.49. The highest BCUT2D eigenvalue weighted by atomic mass is 35.5. The van der Waals surface area contributed by atoms with E-state index in [0.29, 0.717) is 11.0 Å². The zero-order valence-electron chi connectivity index (χ0n) is 9.60. The highest BCUT2D eigenvalue weighted by Gasteiger charge is 2.27. The molecule has 0 N–H and O–H groups in total. The molecule has 0 spiro atoms. The Bertz CT molecular complexity index is 439. The fraction of sp³-hybridized carbons (Fsp3) is 0.545. The topological polar surface area (TPSA) is 59.3 Å². The summed E-state index contributed by atoms with van der Waals surface area (Å²) in [6.45, 7) is 2.86. The van der Waals surface area contributed by atoms with Crippen LogP contribution in [-0.4, -0.2) is 22.5 Å². The van der Waals surface area contributed by atoms with Gasteiger partial charge in [0.15, 0.2) is 0 Å². The Hall–Kier alpha value is -1.36. The quantitative estimate of drug-likeness (QED) is 0.463. The molecule has 92 valence electrons. The summed E-state index contributed by atoms with van der Waals surface area (Å²) in [5.74, 6) is 0.398. The van der Waals surface area contributed by atoms with Crippen molar-refractivity contribution in [3.8, 4) is 0 Å². The van der Waals surface area contributed by atoms with Crippen molar-refractivity contribution in [3.05, 3.63) is 27.4 Å². The molecule has 0 aliphatic carbocycles. The van der Waals surface area contributed by atoms with Gasteiger partial charge < -0.3 is 4.90 Å². The summed E-state index contributed by atoms with van der Waals surface area (Å²) in [6.07, 6.45) is 3.23. The van der Waals surface area contributed by atoms with Gasteiger partial charge in [-0.05, 0) is 32.3 Å². The van der Waals surface area contributed by atoms with Gasteiger partial charge in [-0.3, -0.25) is 10.1 Å². The second-order valence-electron chi connectivity index (χ2n) is 4.27. The smallest absolute Gasteiger partial charge is 0.311 e. The number of pyridine rings is 1. The Morgan fingerprint density at radius 2 is 2.29 bits per heavy atom. The summed E-state index contributed by atoms with van der Waals surface area (Å²) in [4.78, 5) is 16.7. The number of aromatic nitrogens is 1. The molecule has 0 radical (unpaired) electrons. The van der Waals surface area contributed by atoms with Crippen LogP contribution in [0.1, 0.15) is 26.2 Å². The Morgan fingerprint density at radius 3 is 2.94 bits per heavy atom. The van der Waals surface area contributed by atoms with E-state index in [1.807, 2.05) is 4.90 Å². The van der Waals surface area contributed by atoms with E-state index in [-0.39, 0.29) is 11.7 Å². The summed E-state index contributed by atoms with van der Waals surface area (Å²) < 4.78 is 0. The minimum absolute atomic E-state index is 0.0307. The molecule has 0 aromatic carbocycles. The Labute approximate surface area is 105 Å². The second-order valence-corrected chi connectivity index (χ2v) is 4.66. The van der Waals surface area contributed by atoms with Crippen LogP contribution in [-0.2, 0) is 0 Å². The fourth-order valence-corrected chi connectivity index (χ4v) is 2.33. The van der Waals surface area contributed by atoms with Gasteiger partial charge in [0.1, 0.15) is 5.15 Å². The van der Waals surface area contributed by atoms with Gasteiger partial charge in [0, 0.05) is 18.7 Å². The van der Waals surface area contributed by atoms with E-state index in [1.165, 1.54) is 12.1 Å². The molecule has 1 aliphatic heterocycles. The van der Waals surface area contributed by atoms with Crippen molar-refractivity contribution in [2.45, 2.75) is 32.2 Å². The van der Waals surface area contributed by atoms with Crippen molar-refractivity contribution in [2.24, 2.45) is 0 Å². The fourth-order valence-electron chi connectivity index (χ4n) is 2.18. The monoisotopic (exact) mass is 255 g/mol. The van der Waals surface area contributed by atoms with Crippen molar-refractivity contribution < 1.29 is 4.92 Å². The molecule has 0 saturated carbocycles. The van der Waals surface area contributed by atoms with E-state index in [2.05, 4.69) is 11.9 Å². The molecular weight excluding hydrogens is 242 g/mol. The summed E-state index contributed by atoms with van der Waals surface area (Å²) in [5, 5.41) is 11.3. The van der Waals surface area contributed by atoms with Crippen LogP contribution in [0.2, 0.25) is 5.15 Å². The lowest BCUT2D eigenvalue weighted by Crippen LogP contribution is -2.38. The number of rotatable bonds is 2. The predicted molar refractivity (Wildman–Crippen MR) is 66.6 cm³/mol. The van der Waals surface area contributed by atoms with Crippen LogP contribution in [0.3, 0.4) is 0 Å². The van der Waals surface area contributed by atoms with E-state index >= 15 is 0 Å². The third-order valence-electron chi connectivity index (χ3n) is 3.09. The Balaban J connectivity index is 2.41. The molecule has 1 saturated heterocycles. The zero-order valence-corrected chi connectivity index (χ0v) is 10.4. The zero-order chi connectivity index (χ0) is 12.4. The van der Waals surface area contributed by atoms with Crippen LogP contribution in [0.25, 0.3) is 0 Å². The first kappa shape index (κ1) is 12.1. The number of hydrogen-bond donors (Lipinski definition) is 0. The van der Waals surface area contributed by atoms with Crippen LogP contribution >= 0.6 is 11.6 Å². The van der Waals surface area contributed by atoms with Gasteiger partial charge in [-0.15, -0.1) is 0 Å². The normalized spacial score (nSPS) is 20.4. The largest absolute Gasteiger partial charge is 0.348 e. The standard InChI is InChI=1S/C11H14ClN3O2/c1-8-4-2-3-7-14(8)11-9(15(16)17)5-6-10(12)13-11/h5-6,8H,2-4,7H2,1H3. The number of halogens is 1. The maximum absolute atomic E-state index is 11.0. The van der Waals surface area contributed by atoms with Crippen molar-refractivity contribution in [3.63, 3.8) is 0 Å². The van der Waals surface area contributed by atoms with Gasteiger partial charge in [-0.25, -0.2) is 4.98 Å². The Morgan fingerprint density at radius 1 is 1.53 bits per heavy atom. The molecule has 1 atom stereocenters. The maximum Gasteiger partial charge on any atom is 0.311 e. The first-order valence-electron chi connectivity index (χ1n) is 5.67. The minimum atomic E-state index is -0.403. The number of hydrogen-bond acceptors (Lipinski definition) is 4. The summed E-state index contributed by atoms with van der Waals surface area (Å²) >= 11 is 5.83. The van der Waals surface area contributed by atoms with Crippen molar-refractivity contribution in [1.29, 1.82) is 0 Å². The van der Waals surface area contributed by atoms with E-state index in [9.17, 15) is 10.1 Å². The molecule has 6 heteroatoms. The van der Waals surface area contributed by atoms with Crippen LogP contribution in [0, 0.1) is 10.1 Å². The van der Waals surface area contributed by atoms with E-state index < -0.39 is 4.92 Å². The number of piperidine rings is 1. The lowest BCUT2D eigenvalue weighted by Gasteiger charge is -2.33. The van der Waals surface area contributed by atoms with Crippen LogP contribution < -0.4 is 4.90 Å².